The van der Waals surface area contributed by atoms with Crippen LogP contribution in [0.15, 0.2) is 29.4 Å². The van der Waals surface area contributed by atoms with Crippen molar-refractivity contribution in [2.24, 2.45) is 5.10 Å². The van der Waals surface area contributed by atoms with E-state index >= 15 is 0 Å². The molecule has 0 fully saturated rings. The zero-order chi connectivity index (χ0) is 17.0. The van der Waals surface area contributed by atoms with Crippen molar-refractivity contribution >= 4 is 23.7 Å². The number of hydrogen-bond donors (Lipinski definition) is 1. The molecule has 0 atom stereocenters. The van der Waals surface area contributed by atoms with Crippen molar-refractivity contribution in [2.75, 3.05) is 0 Å². The van der Waals surface area contributed by atoms with Crippen molar-refractivity contribution in [2.45, 2.75) is 27.2 Å². The summed E-state index contributed by atoms with van der Waals surface area (Å²) in [6, 6.07) is 9.52. The first kappa shape index (κ1) is 16.8. The lowest BCUT2D eigenvalue weighted by Gasteiger charge is -2.13. The van der Waals surface area contributed by atoms with E-state index in [2.05, 4.69) is 15.1 Å². The lowest BCUT2D eigenvalue weighted by molar-refractivity contribution is -0.120. The average molecular weight is 329 g/mol. The zero-order valence-corrected chi connectivity index (χ0v) is 14.0. The molecule has 1 amide bonds. The van der Waals surface area contributed by atoms with Crippen molar-refractivity contribution in [3.8, 4) is 11.8 Å². The zero-order valence-electron chi connectivity index (χ0n) is 13.2. The Labute approximate surface area is 140 Å². The van der Waals surface area contributed by atoms with Crippen LogP contribution in [0.4, 0.5) is 0 Å². The number of hydrazone groups is 1. The molecule has 5 nitrogen and oxygen atoms in total. The lowest BCUT2D eigenvalue weighted by Crippen LogP contribution is -2.16. The number of hydrogen-bond acceptors (Lipinski definition) is 3. The highest BCUT2D eigenvalue weighted by molar-refractivity contribution is 6.30. The summed E-state index contributed by atoms with van der Waals surface area (Å²) < 4.78 is 2.10. The molecule has 2 rings (SSSR count). The van der Waals surface area contributed by atoms with Crippen LogP contribution in [0.25, 0.3) is 5.69 Å². The Morgan fingerprint density at radius 1 is 1.39 bits per heavy atom. The Morgan fingerprint density at radius 2 is 2.13 bits per heavy atom. The maximum Gasteiger partial charge on any atom is 0.254 e. The molecule has 1 N–H and O–H groups in total. The second kappa shape index (κ2) is 7.12. The molecule has 0 bridgehead atoms. The van der Waals surface area contributed by atoms with Gasteiger partial charge in [0.15, 0.2) is 0 Å². The van der Waals surface area contributed by atoms with E-state index in [-0.39, 0.29) is 6.42 Å². The fourth-order valence-corrected chi connectivity index (χ4v) is 2.56. The molecular weight excluding hydrogens is 312 g/mol. The van der Waals surface area contributed by atoms with Crippen molar-refractivity contribution in [3.63, 3.8) is 0 Å². The molecule has 1 aromatic carbocycles. The van der Waals surface area contributed by atoms with Gasteiger partial charge in [0.25, 0.3) is 5.91 Å². The van der Waals surface area contributed by atoms with E-state index in [1.165, 1.54) is 0 Å². The molecule has 6 heteroatoms. The molecule has 0 spiro atoms. The van der Waals surface area contributed by atoms with Crippen LogP contribution in [-0.2, 0) is 4.79 Å². The van der Waals surface area contributed by atoms with Gasteiger partial charge >= 0.3 is 0 Å². The molecule has 0 unspecified atom stereocenters. The van der Waals surface area contributed by atoms with Gasteiger partial charge in [-0.05, 0) is 44.5 Å². The first-order valence-electron chi connectivity index (χ1n) is 7.08. The van der Waals surface area contributed by atoms with Gasteiger partial charge in [-0.25, -0.2) is 5.43 Å². The van der Waals surface area contributed by atoms with Crippen LogP contribution in [-0.4, -0.2) is 16.7 Å². The Kier molecular flexibility index (Phi) is 5.20. The second-order valence-corrected chi connectivity index (χ2v) is 5.66. The number of aryl methyl sites for hydroxylation is 2. The monoisotopic (exact) mass is 328 g/mol. The number of nitriles is 1. The number of carbonyl (C=O) groups is 1. The van der Waals surface area contributed by atoms with E-state index in [1.54, 1.807) is 12.3 Å². The van der Waals surface area contributed by atoms with E-state index in [0.717, 1.165) is 28.2 Å². The van der Waals surface area contributed by atoms with Gasteiger partial charge < -0.3 is 4.57 Å². The van der Waals surface area contributed by atoms with E-state index in [1.807, 2.05) is 45.0 Å². The molecule has 0 aliphatic heterocycles. The number of halogens is 1. The maximum absolute atomic E-state index is 11.2. The number of carbonyl (C=O) groups excluding carboxylic acids is 1. The van der Waals surface area contributed by atoms with E-state index in [0.29, 0.717) is 5.02 Å². The van der Waals surface area contributed by atoms with Crippen LogP contribution in [0.2, 0.25) is 5.02 Å². The highest BCUT2D eigenvalue weighted by atomic mass is 35.5. The summed E-state index contributed by atoms with van der Waals surface area (Å²) in [6.07, 6.45) is 1.37. The Hall–Kier alpha value is -2.58. The molecule has 0 aliphatic rings. The standard InChI is InChI=1S/C17H17ClN4O/c1-11-4-5-15(18)9-16(11)22-12(2)8-14(13(22)3)10-20-21-17(23)6-7-19/h4-5,8-10H,6H2,1-3H3,(H,21,23)/b20-10+. The molecule has 2 aromatic rings. The fraction of sp³-hybridized carbons (Fsp3) is 0.235. The molecule has 0 radical (unpaired) electrons. The third kappa shape index (κ3) is 3.79. The van der Waals surface area contributed by atoms with Crippen LogP contribution < -0.4 is 5.43 Å². The SMILES string of the molecule is Cc1ccc(Cl)cc1-n1c(C)cc(/C=N/NC(=O)CC#N)c1C. The van der Waals surface area contributed by atoms with E-state index in [4.69, 9.17) is 16.9 Å². The molecule has 0 saturated heterocycles. The number of nitrogens with zero attached hydrogens (tertiary/aromatic N) is 3. The fourth-order valence-electron chi connectivity index (χ4n) is 2.40. The van der Waals surface area contributed by atoms with Crippen molar-refractivity contribution in [1.29, 1.82) is 5.26 Å². The molecule has 23 heavy (non-hydrogen) atoms. The van der Waals surface area contributed by atoms with Crippen LogP contribution in [0, 0.1) is 32.1 Å². The summed E-state index contributed by atoms with van der Waals surface area (Å²) in [4.78, 5) is 11.2. The molecule has 1 heterocycles. The van der Waals surface area contributed by atoms with Crippen molar-refractivity contribution in [1.82, 2.24) is 9.99 Å². The minimum absolute atomic E-state index is 0.210. The van der Waals surface area contributed by atoms with Crippen molar-refractivity contribution in [3.05, 3.63) is 51.8 Å². The third-order valence-electron chi connectivity index (χ3n) is 3.51. The number of nitrogens with one attached hydrogen (secondary N) is 1. The first-order chi connectivity index (χ1) is 10.9. The van der Waals surface area contributed by atoms with Gasteiger partial charge in [0.1, 0.15) is 6.42 Å². The summed E-state index contributed by atoms with van der Waals surface area (Å²) in [6.45, 7) is 6.01. The predicted molar refractivity (Wildman–Crippen MR) is 91.0 cm³/mol. The lowest BCUT2D eigenvalue weighted by atomic mass is 10.2. The van der Waals surface area contributed by atoms with E-state index in [9.17, 15) is 4.79 Å². The minimum atomic E-state index is -0.428. The topological polar surface area (TPSA) is 70.2 Å². The van der Waals surface area contributed by atoms with Crippen LogP contribution in [0.3, 0.4) is 0 Å². The molecule has 0 aliphatic carbocycles. The molecule has 0 saturated carbocycles. The molecule has 1 aromatic heterocycles. The molecular formula is C17H17ClN4O. The van der Waals surface area contributed by atoms with Gasteiger partial charge in [0, 0.05) is 27.7 Å². The predicted octanol–water partition coefficient (Wildman–Crippen LogP) is 3.42. The maximum atomic E-state index is 11.2. The number of amides is 1. The van der Waals surface area contributed by atoms with Crippen molar-refractivity contribution < 1.29 is 4.79 Å². The molecule has 118 valence electrons. The smallest absolute Gasteiger partial charge is 0.254 e. The summed E-state index contributed by atoms with van der Waals surface area (Å²) >= 11 is 6.11. The Morgan fingerprint density at radius 3 is 2.83 bits per heavy atom. The number of benzene rings is 1. The van der Waals surface area contributed by atoms with Gasteiger partial charge in [-0.15, -0.1) is 0 Å². The number of rotatable bonds is 4. The van der Waals surface area contributed by atoms with Crippen LogP contribution >= 0.6 is 11.6 Å². The third-order valence-corrected chi connectivity index (χ3v) is 3.75. The highest BCUT2D eigenvalue weighted by Gasteiger charge is 2.11. The van der Waals surface area contributed by atoms with Crippen LogP contribution in [0.5, 0.6) is 0 Å². The van der Waals surface area contributed by atoms with Gasteiger partial charge in [0.2, 0.25) is 0 Å². The largest absolute Gasteiger partial charge is 0.318 e. The van der Waals surface area contributed by atoms with Gasteiger partial charge in [-0.3, -0.25) is 4.79 Å². The van der Waals surface area contributed by atoms with Gasteiger partial charge in [-0.2, -0.15) is 10.4 Å². The normalized spacial score (nSPS) is 10.7. The highest BCUT2D eigenvalue weighted by Crippen LogP contribution is 2.25. The average Bonchev–Trinajstić information content (AvgIpc) is 2.77. The summed E-state index contributed by atoms with van der Waals surface area (Å²) in [5.41, 5.74) is 7.37. The number of aromatic nitrogens is 1. The summed E-state index contributed by atoms with van der Waals surface area (Å²) in [5.74, 6) is -0.428. The first-order valence-corrected chi connectivity index (χ1v) is 7.46. The van der Waals surface area contributed by atoms with Crippen LogP contribution in [0.1, 0.15) is 28.9 Å². The summed E-state index contributed by atoms with van der Waals surface area (Å²) in [5, 5.41) is 13.0. The van der Waals surface area contributed by atoms with E-state index < -0.39 is 5.91 Å². The summed E-state index contributed by atoms with van der Waals surface area (Å²) in [7, 11) is 0. The van der Waals surface area contributed by atoms with Gasteiger partial charge in [0.05, 0.1) is 12.3 Å². The Bertz CT molecular complexity index is 815. The second-order valence-electron chi connectivity index (χ2n) is 5.22. The Balaban J connectivity index is 2.33. The van der Waals surface area contributed by atoms with Gasteiger partial charge in [-0.1, -0.05) is 17.7 Å². The quantitative estimate of drug-likeness (QED) is 0.690. The minimum Gasteiger partial charge on any atom is -0.318 e.